The molecule has 3 heteroatoms. The van der Waals surface area contributed by atoms with E-state index in [-0.39, 0.29) is 0 Å². The smallest absolute Gasteiger partial charge is 0.128 e. The Morgan fingerprint density at radius 3 is 2.41 bits per heavy atom. The zero-order chi connectivity index (χ0) is 12.3. The lowest BCUT2D eigenvalue weighted by Gasteiger charge is -2.10. The Hall–Kier alpha value is -1.87. The summed E-state index contributed by atoms with van der Waals surface area (Å²) in [5.41, 5.74) is 16.0. The normalized spacial score (nSPS) is 10.5. The maximum absolute atomic E-state index is 5.83. The average molecular weight is 227 g/mol. The fourth-order valence-electron chi connectivity index (χ4n) is 1.91. The largest absolute Gasteiger partial charge is 0.383 e. The van der Waals surface area contributed by atoms with Gasteiger partial charge < -0.3 is 11.5 Å². The second-order valence-corrected chi connectivity index (χ2v) is 3.98. The number of nitrogen functional groups attached to an aromatic ring is 1. The van der Waals surface area contributed by atoms with Crippen molar-refractivity contribution < 1.29 is 0 Å². The molecule has 0 aliphatic rings. The molecule has 4 N–H and O–H groups in total. The quantitative estimate of drug-likeness (QED) is 0.846. The van der Waals surface area contributed by atoms with E-state index in [9.17, 15) is 0 Å². The molecule has 0 fully saturated rings. The van der Waals surface area contributed by atoms with Crippen molar-refractivity contribution in [2.24, 2.45) is 5.73 Å². The van der Waals surface area contributed by atoms with Crippen LogP contribution in [0, 0.1) is 0 Å². The van der Waals surface area contributed by atoms with Crippen molar-refractivity contribution in [3.05, 3.63) is 47.7 Å². The van der Waals surface area contributed by atoms with Gasteiger partial charge >= 0.3 is 0 Å². The Balaban J connectivity index is 2.48. The first-order valence-electron chi connectivity index (χ1n) is 5.79. The Morgan fingerprint density at radius 1 is 1.12 bits per heavy atom. The average Bonchev–Trinajstić information content (AvgIpc) is 2.38. The number of nitrogens with two attached hydrogens (primary N) is 2. The number of aromatic nitrogens is 1. The summed E-state index contributed by atoms with van der Waals surface area (Å²) in [4.78, 5) is 4.07. The van der Waals surface area contributed by atoms with Crippen LogP contribution in [0.1, 0.15) is 18.1 Å². The van der Waals surface area contributed by atoms with Gasteiger partial charge in [-0.2, -0.15) is 0 Å². The molecule has 0 radical (unpaired) electrons. The molecule has 0 bridgehead atoms. The summed E-state index contributed by atoms with van der Waals surface area (Å²) in [7, 11) is 0. The highest BCUT2D eigenvalue weighted by atomic mass is 14.8. The first kappa shape index (κ1) is 11.6. The minimum absolute atomic E-state index is 0.407. The number of anilines is 1. The topological polar surface area (TPSA) is 64.9 Å². The van der Waals surface area contributed by atoms with Crippen molar-refractivity contribution in [3.8, 4) is 11.1 Å². The summed E-state index contributed by atoms with van der Waals surface area (Å²) < 4.78 is 0. The van der Waals surface area contributed by atoms with E-state index < -0.39 is 0 Å². The van der Waals surface area contributed by atoms with E-state index in [1.165, 1.54) is 5.56 Å². The van der Waals surface area contributed by atoms with Crippen LogP contribution in [0.3, 0.4) is 0 Å². The van der Waals surface area contributed by atoms with Gasteiger partial charge in [0.25, 0.3) is 0 Å². The highest BCUT2D eigenvalue weighted by Crippen LogP contribution is 2.26. The summed E-state index contributed by atoms with van der Waals surface area (Å²) >= 11 is 0. The number of hydrogen-bond acceptors (Lipinski definition) is 3. The third-order valence-electron chi connectivity index (χ3n) is 2.97. The second-order valence-electron chi connectivity index (χ2n) is 3.98. The molecule has 0 saturated carbocycles. The molecule has 2 rings (SSSR count). The van der Waals surface area contributed by atoms with Gasteiger partial charge in [0, 0.05) is 18.3 Å². The number of pyridine rings is 1. The number of hydrogen-bond donors (Lipinski definition) is 2. The van der Waals surface area contributed by atoms with Crippen LogP contribution in [0.4, 0.5) is 5.82 Å². The highest BCUT2D eigenvalue weighted by molar-refractivity contribution is 5.71. The molecular weight excluding hydrogens is 210 g/mol. The van der Waals surface area contributed by atoms with Crippen molar-refractivity contribution in [1.82, 2.24) is 4.98 Å². The van der Waals surface area contributed by atoms with Crippen molar-refractivity contribution in [3.63, 3.8) is 0 Å². The van der Waals surface area contributed by atoms with Gasteiger partial charge in [-0.25, -0.2) is 4.98 Å². The van der Waals surface area contributed by atoms with Gasteiger partial charge in [-0.3, -0.25) is 0 Å². The van der Waals surface area contributed by atoms with Crippen LogP contribution in [-0.4, -0.2) is 4.98 Å². The van der Waals surface area contributed by atoms with Gasteiger partial charge in [-0.1, -0.05) is 31.2 Å². The van der Waals surface area contributed by atoms with E-state index in [2.05, 4.69) is 36.2 Å². The van der Waals surface area contributed by atoms with E-state index in [1.807, 2.05) is 6.07 Å². The predicted molar refractivity (Wildman–Crippen MR) is 71.4 cm³/mol. The van der Waals surface area contributed by atoms with Crippen LogP contribution < -0.4 is 11.5 Å². The number of rotatable bonds is 3. The van der Waals surface area contributed by atoms with Crippen molar-refractivity contribution in [2.45, 2.75) is 19.9 Å². The lowest BCUT2D eigenvalue weighted by atomic mass is 9.99. The molecule has 1 aromatic carbocycles. The molecule has 0 aliphatic heterocycles. The van der Waals surface area contributed by atoms with Crippen LogP contribution in [0.5, 0.6) is 0 Å². The molecular formula is C14H17N3. The van der Waals surface area contributed by atoms with Crippen LogP contribution in [-0.2, 0) is 13.0 Å². The molecule has 0 unspecified atom stereocenters. The number of aryl methyl sites for hydroxylation is 1. The number of nitrogens with zero attached hydrogens (tertiary/aromatic N) is 1. The molecule has 1 heterocycles. The van der Waals surface area contributed by atoms with Crippen molar-refractivity contribution >= 4 is 5.82 Å². The SMILES string of the molecule is CCc1ccc(-c2ccnc(N)c2CN)cc1. The Kier molecular flexibility index (Phi) is 3.40. The zero-order valence-corrected chi connectivity index (χ0v) is 9.98. The Labute approximate surface area is 101 Å². The zero-order valence-electron chi connectivity index (χ0n) is 9.98. The molecule has 0 aliphatic carbocycles. The third-order valence-corrected chi connectivity index (χ3v) is 2.97. The second kappa shape index (κ2) is 4.97. The molecule has 17 heavy (non-hydrogen) atoms. The lowest BCUT2D eigenvalue weighted by molar-refractivity contribution is 1.06. The van der Waals surface area contributed by atoms with Gasteiger partial charge in [-0.15, -0.1) is 0 Å². The minimum atomic E-state index is 0.407. The number of benzene rings is 1. The first-order chi connectivity index (χ1) is 8.26. The molecule has 0 atom stereocenters. The van der Waals surface area contributed by atoms with E-state index in [0.29, 0.717) is 12.4 Å². The van der Waals surface area contributed by atoms with Crippen LogP contribution >= 0.6 is 0 Å². The van der Waals surface area contributed by atoms with E-state index in [1.54, 1.807) is 6.20 Å². The van der Waals surface area contributed by atoms with Crippen molar-refractivity contribution in [1.29, 1.82) is 0 Å². The summed E-state index contributed by atoms with van der Waals surface area (Å²) in [6.45, 7) is 2.55. The molecule has 1 aromatic heterocycles. The van der Waals surface area contributed by atoms with Crippen LogP contribution in [0.25, 0.3) is 11.1 Å². The minimum Gasteiger partial charge on any atom is -0.383 e. The molecule has 88 valence electrons. The monoisotopic (exact) mass is 227 g/mol. The maximum Gasteiger partial charge on any atom is 0.128 e. The van der Waals surface area contributed by atoms with Gasteiger partial charge in [0.05, 0.1) is 0 Å². The third kappa shape index (κ3) is 2.29. The first-order valence-corrected chi connectivity index (χ1v) is 5.79. The summed E-state index contributed by atoms with van der Waals surface area (Å²) in [6.07, 6.45) is 2.76. The molecule has 3 nitrogen and oxygen atoms in total. The van der Waals surface area contributed by atoms with E-state index >= 15 is 0 Å². The summed E-state index contributed by atoms with van der Waals surface area (Å²) in [6, 6.07) is 10.4. The Morgan fingerprint density at radius 2 is 1.82 bits per heavy atom. The van der Waals surface area contributed by atoms with Gasteiger partial charge in [0.15, 0.2) is 0 Å². The van der Waals surface area contributed by atoms with Gasteiger partial charge in [-0.05, 0) is 29.2 Å². The molecule has 0 amide bonds. The standard InChI is InChI=1S/C14H17N3/c1-2-10-3-5-11(6-4-10)12-7-8-17-14(16)13(12)9-15/h3-8H,2,9,15H2,1H3,(H2,16,17). The fourth-order valence-corrected chi connectivity index (χ4v) is 1.91. The molecule has 0 saturated heterocycles. The Bertz CT molecular complexity index is 503. The highest BCUT2D eigenvalue weighted by Gasteiger charge is 2.07. The molecule has 0 spiro atoms. The van der Waals surface area contributed by atoms with Gasteiger partial charge in [0.2, 0.25) is 0 Å². The van der Waals surface area contributed by atoms with E-state index in [0.717, 1.165) is 23.1 Å². The summed E-state index contributed by atoms with van der Waals surface area (Å²) in [5, 5.41) is 0. The fraction of sp³-hybridized carbons (Fsp3) is 0.214. The van der Waals surface area contributed by atoms with Crippen LogP contribution in [0.15, 0.2) is 36.5 Å². The predicted octanol–water partition coefficient (Wildman–Crippen LogP) is 2.35. The van der Waals surface area contributed by atoms with Gasteiger partial charge in [0.1, 0.15) is 5.82 Å². The maximum atomic E-state index is 5.83. The van der Waals surface area contributed by atoms with Crippen LogP contribution in [0.2, 0.25) is 0 Å². The van der Waals surface area contributed by atoms with Crippen molar-refractivity contribution in [2.75, 3.05) is 5.73 Å². The van der Waals surface area contributed by atoms with E-state index in [4.69, 9.17) is 11.5 Å². The molecule has 2 aromatic rings. The summed E-state index contributed by atoms with van der Waals surface area (Å²) in [5.74, 6) is 0.518. The lowest BCUT2D eigenvalue weighted by Crippen LogP contribution is -2.05.